The molecule has 10 heavy (non-hydrogen) atoms. The summed E-state index contributed by atoms with van der Waals surface area (Å²) in [4.78, 5) is 0. The molecule has 0 heterocycles. The van der Waals surface area contributed by atoms with Gasteiger partial charge in [0.15, 0.2) is 0 Å². The molecule has 0 aliphatic rings. The van der Waals surface area contributed by atoms with E-state index in [0.717, 1.165) is 0 Å². The van der Waals surface area contributed by atoms with E-state index in [1.165, 1.54) is 0 Å². The molecule has 0 radical (unpaired) electrons. The second-order valence-electron chi connectivity index (χ2n) is 2.91. The molecule has 0 N–H and O–H groups in total. The van der Waals surface area contributed by atoms with Gasteiger partial charge >= 0.3 is 64.8 Å². The van der Waals surface area contributed by atoms with Crippen LogP contribution in [-0.4, -0.2) is 21.2 Å². The van der Waals surface area contributed by atoms with E-state index in [4.69, 9.17) is 0 Å². The van der Waals surface area contributed by atoms with Crippen molar-refractivity contribution in [2.75, 3.05) is 0 Å². The predicted octanol–water partition coefficient (Wildman–Crippen LogP) is 4.09. The summed E-state index contributed by atoms with van der Waals surface area (Å²) in [5, 5.41) is 0. The molecule has 0 aromatic rings. The zero-order chi connectivity index (χ0) is 7.33. The Morgan fingerprint density at radius 1 is 0.700 bits per heavy atom. The van der Waals surface area contributed by atoms with Gasteiger partial charge in [-0.15, -0.1) is 17.0 Å². The fourth-order valence-corrected chi connectivity index (χ4v) is 13.2. The van der Waals surface area contributed by atoms with Gasteiger partial charge in [-0.05, 0) is 0 Å². The van der Waals surface area contributed by atoms with E-state index in [1.54, 1.807) is 15.9 Å². The standard InChI is InChI=1S/4C2H5.BrH.Pb/c4*1-2;;/h4*1H2,2H3;1H;. The molecule has 0 aromatic heterocycles. The van der Waals surface area contributed by atoms with Crippen LogP contribution in [0, 0.1) is 0 Å². The molecule has 0 aliphatic heterocycles. The maximum atomic E-state index is 2.40. The maximum absolute atomic E-state index is 2.40. The van der Waals surface area contributed by atoms with Crippen molar-refractivity contribution >= 4 is 38.2 Å². The van der Waals surface area contributed by atoms with E-state index in [2.05, 4.69) is 27.7 Å². The molecule has 0 nitrogen and oxygen atoms in total. The molecule has 0 saturated carbocycles. The van der Waals surface area contributed by atoms with E-state index < -0.39 is 21.2 Å². The molecular formula is C8H21BrPb. The summed E-state index contributed by atoms with van der Waals surface area (Å²) in [5.74, 6) is 0. The number of rotatable bonds is 4. The summed E-state index contributed by atoms with van der Waals surface area (Å²) < 4.78 is 6.26. The molecule has 0 fully saturated rings. The van der Waals surface area contributed by atoms with Crippen molar-refractivity contribution in [3.05, 3.63) is 0 Å². The number of hydrogen-bond acceptors (Lipinski definition) is 0. The fraction of sp³-hybridized carbons (Fsp3) is 1.00. The van der Waals surface area contributed by atoms with Crippen molar-refractivity contribution in [2.45, 2.75) is 43.6 Å². The van der Waals surface area contributed by atoms with Crippen molar-refractivity contribution in [2.24, 2.45) is 0 Å². The van der Waals surface area contributed by atoms with Gasteiger partial charge in [0.2, 0.25) is 0 Å². The second kappa shape index (κ2) is 7.07. The third-order valence-corrected chi connectivity index (χ3v) is 26.3. The first-order chi connectivity index (χ1) is 4.24. The second-order valence-corrected chi connectivity index (χ2v) is 25.6. The zero-order valence-electron chi connectivity index (χ0n) is 7.74. The van der Waals surface area contributed by atoms with Crippen molar-refractivity contribution < 1.29 is 0 Å². The van der Waals surface area contributed by atoms with Crippen LogP contribution >= 0.6 is 17.0 Å². The van der Waals surface area contributed by atoms with Gasteiger partial charge in [0.1, 0.15) is 0 Å². The van der Waals surface area contributed by atoms with Crippen LogP contribution in [0.15, 0.2) is 0 Å². The van der Waals surface area contributed by atoms with Gasteiger partial charge in [0.25, 0.3) is 0 Å². The zero-order valence-corrected chi connectivity index (χ0v) is 13.3. The van der Waals surface area contributed by atoms with Crippen LogP contribution in [0.4, 0.5) is 0 Å². The van der Waals surface area contributed by atoms with Gasteiger partial charge in [0, 0.05) is 0 Å². The Labute approximate surface area is 81.2 Å². The molecule has 0 amide bonds. The van der Waals surface area contributed by atoms with Crippen LogP contribution in [0.3, 0.4) is 0 Å². The minimum atomic E-state index is -1.51. The van der Waals surface area contributed by atoms with Crippen molar-refractivity contribution in [1.29, 1.82) is 0 Å². The summed E-state index contributed by atoms with van der Waals surface area (Å²) in [5.41, 5.74) is 0. The summed E-state index contributed by atoms with van der Waals surface area (Å²) in [6, 6.07) is 0. The molecule has 0 rings (SSSR count). The van der Waals surface area contributed by atoms with Gasteiger partial charge in [-0.1, -0.05) is 0 Å². The van der Waals surface area contributed by atoms with Crippen molar-refractivity contribution in [3.63, 3.8) is 0 Å². The Morgan fingerprint density at radius 3 is 0.900 bits per heavy atom. The van der Waals surface area contributed by atoms with Crippen LogP contribution in [0.25, 0.3) is 0 Å². The third-order valence-electron chi connectivity index (χ3n) is 3.00. The van der Waals surface area contributed by atoms with Crippen LogP contribution in [0.1, 0.15) is 27.7 Å². The molecule has 0 aliphatic carbocycles. The minimum absolute atomic E-state index is 0. The number of halogens is 1. The normalized spacial score (nSPS) is 10.8. The predicted molar refractivity (Wildman–Crippen MR) is 58.0 cm³/mol. The average molecular weight is 404 g/mol. The molecule has 0 saturated heterocycles. The fourth-order valence-electron chi connectivity index (χ4n) is 1.50. The summed E-state index contributed by atoms with van der Waals surface area (Å²) in [6.07, 6.45) is 0. The first-order valence-electron chi connectivity index (χ1n) is 4.24. The first-order valence-corrected chi connectivity index (χ1v) is 15.2. The van der Waals surface area contributed by atoms with Crippen LogP contribution in [0.2, 0.25) is 15.9 Å². The molecule has 0 atom stereocenters. The Kier molecular flexibility index (Phi) is 9.87. The summed E-state index contributed by atoms with van der Waals surface area (Å²) >= 11 is -1.51. The Morgan fingerprint density at radius 2 is 0.900 bits per heavy atom. The van der Waals surface area contributed by atoms with Crippen LogP contribution in [-0.2, 0) is 0 Å². The Hall–Kier alpha value is 1.40. The quantitative estimate of drug-likeness (QED) is 0.620. The van der Waals surface area contributed by atoms with E-state index in [1.807, 2.05) is 0 Å². The molecule has 2 heteroatoms. The first kappa shape index (κ1) is 14.0. The SMILES string of the molecule is Br.C[CH2][Pb]([CH2]C)([CH2]C)[CH2]C. The topological polar surface area (TPSA) is 0 Å². The Balaban J connectivity index is 0. The molecule has 64 valence electrons. The van der Waals surface area contributed by atoms with Gasteiger partial charge in [0.05, 0.1) is 0 Å². The molecule has 0 spiro atoms. The molecule has 0 bridgehead atoms. The van der Waals surface area contributed by atoms with Gasteiger partial charge in [-0.3, -0.25) is 0 Å². The molecule has 0 aromatic carbocycles. The summed E-state index contributed by atoms with van der Waals surface area (Å²) in [6.45, 7) is 9.60. The van der Waals surface area contributed by atoms with E-state index in [9.17, 15) is 0 Å². The molecular weight excluding hydrogens is 383 g/mol. The van der Waals surface area contributed by atoms with Gasteiger partial charge in [-0.25, -0.2) is 0 Å². The van der Waals surface area contributed by atoms with Gasteiger partial charge in [-0.2, -0.15) is 0 Å². The third kappa shape index (κ3) is 3.70. The monoisotopic (exact) mass is 404 g/mol. The van der Waals surface area contributed by atoms with E-state index in [0.29, 0.717) is 0 Å². The van der Waals surface area contributed by atoms with Crippen LogP contribution in [0.5, 0.6) is 0 Å². The summed E-state index contributed by atoms with van der Waals surface area (Å²) in [7, 11) is 0. The van der Waals surface area contributed by atoms with Crippen LogP contribution < -0.4 is 0 Å². The van der Waals surface area contributed by atoms with Crippen molar-refractivity contribution in [3.8, 4) is 0 Å². The average Bonchev–Trinajstić information content (AvgIpc) is 1.95. The number of hydrogen-bond donors (Lipinski definition) is 0. The van der Waals surface area contributed by atoms with Gasteiger partial charge < -0.3 is 0 Å². The van der Waals surface area contributed by atoms with E-state index >= 15 is 0 Å². The van der Waals surface area contributed by atoms with Crippen molar-refractivity contribution in [1.82, 2.24) is 0 Å². The van der Waals surface area contributed by atoms with E-state index in [-0.39, 0.29) is 17.0 Å². The Bertz CT molecular complexity index is 52.1. The molecule has 0 unspecified atom stereocenters.